The Morgan fingerprint density at radius 1 is 1.19 bits per heavy atom. The van der Waals surface area contributed by atoms with Gasteiger partial charge >= 0.3 is 0 Å². The predicted octanol–water partition coefficient (Wildman–Crippen LogP) is 1.50. The molecule has 0 atom stereocenters. The Kier molecular flexibility index (Phi) is 4.58. The molecule has 108 valence electrons. The molecule has 0 fully saturated rings. The van der Waals surface area contributed by atoms with Gasteiger partial charge in [0, 0.05) is 11.3 Å². The van der Waals surface area contributed by atoms with Gasteiger partial charge in [0.2, 0.25) is 0 Å². The van der Waals surface area contributed by atoms with Crippen LogP contribution in [-0.4, -0.2) is 19.9 Å². The van der Waals surface area contributed by atoms with Crippen molar-refractivity contribution >= 4 is 15.7 Å². The van der Waals surface area contributed by atoms with Crippen molar-refractivity contribution in [2.24, 2.45) is 5.73 Å². The molecule has 0 radical (unpaired) electrons. The fraction of sp³-hybridized carbons (Fsp3) is 0.133. The van der Waals surface area contributed by atoms with Gasteiger partial charge in [-0.25, -0.2) is 8.42 Å². The van der Waals surface area contributed by atoms with Gasteiger partial charge in [-0.1, -0.05) is 11.8 Å². The lowest BCUT2D eigenvalue weighted by molar-refractivity contribution is 0.601. The molecule has 0 unspecified atom stereocenters. The van der Waals surface area contributed by atoms with E-state index in [9.17, 15) is 8.42 Å². The van der Waals surface area contributed by atoms with Crippen LogP contribution in [0.1, 0.15) is 11.3 Å². The normalized spacial score (nSPS) is 10.6. The summed E-state index contributed by atoms with van der Waals surface area (Å²) in [5, 5.41) is 0. The average molecular weight is 301 g/mol. The molecule has 1 aromatic heterocycles. The summed E-state index contributed by atoms with van der Waals surface area (Å²) in [5.74, 6) is 5.55. The number of hydrogen-bond acceptors (Lipinski definition) is 4. The second kappa shape index (κ2) is 6.39. The van der Waals surface area contributed by atoms with Crippen molar-refractivity contribution in [3.05, 3.63) is 53.9 Å². The van der Waals surface area contributed by atoms with Crippen LogP contribution in [-0.2, 0) is 10.0 Å². The Morgan fingerprint density at radius 2 is 1.90 bits per heavy atom. The molecule has 0 saturated heterocycles. The number of sulfonamides is 1. The number of aromatic nitrogens is 1. The standard InChI is InChI=1S/C15H15N3O2S/c1-12-4-7-14(11-17-12)18-21(19,20)15-8-5-13(6-9-15)3-2-10-16/h4-9,11,18H,10,16H2,1H3. The molecule has 0 amide bonds. The van der Waals surface area contributed by atoms with E-state index in [0.717, 1.165) is 11.3 Å². The van der Waals surface area contributed by atoms with E-state index in [1.165, 1.54) is 18.3 Å². The lowest BCUT2D eigenvalue weighted by atomic mass is 10.2. The molecule has 0 aliphatic rings. The number of benzene rings is 1. The fourth-order valence-corrected chi connectivity index (χ4v) is 2.66. The topological polar surface area (TPSA) is 85.1 Å². The summed E-state index contributed by atoms with van der Waals surface area (Å²) in [5.41, 5.74) is 7.25. The minimum atomic E-state index is -3.63. The van der Waals surface area contributed by atoms with Gasteiger partial charge in [-0.3, -0.25) is 9.71 Å². The highest BCUT2D eigenvalue weighted by molar-refractivity contribution is 7.92. The van der Waals surface area contributed by atoms with Crippen molar-refractivity contribution in [2.45, 2.75) is 11.8 Å². The average Bonchev–Trinajstić information content (AvgIpc) is 2.48. The molecule has 2 rings (SSSR count). The molecule has 0 bridgehead atoms. The van der Waals surface area contributed by atoms with Crippen LogP contribution < -0.4 is 10.5 Å². The second-order valence-electron chi connectivity index (χ2n) is 4.32. The predicted molar refractivity (Wildman–Crippen MR) is 82.2 cm³/mol. The van der Waals surface area contributed by atoms with Gasteiger partial charge < -0.3 is 5.73 Å². The van der Waals surface area contributed by atoms with Crippen LogP contribution in [0.2, 0.25) is 0 Å². The molecule has 1 heterocycles. The van der Waals surface area contributed by atoms with Crippen LogP contribution in [0.15, 0.2) is 47.5 Å². The van der Waals surface area contributed by atoms with Gasteiger partial charge in [-0.15, -0.1) is 0 Å². The van der Waals surface area contributed by atoms with Gasteiger partial charge in [0.25, 0.3) is 10.0 Å². The van der Waals surface area contributed by atoms with E-state index in [-0.39, 0.29) is 11.4 Å². The molecule has 2 aromatic rings. The first-order valence-electron chi connectivity index (χ1n) is 6.26. The maximum absolute atomic E-state index is 12.2. The lowest BCUT2D eigenvalue weighted by Gasteiger charge is -2.08. The third-order valence-corrected chi connectivity index (χ3v) is 4.06. The minimum absolute atomic E-state index is 0.168. The van der Waals surface area contributed by atoms with Gasteiger partial charge in [-0.2, -0.15) is 0 Å². The van der Waals surface area contributed by atoms with Crippen LogP contribution in [0.5, 0.6) is 0 Å². The molecule has 0 aliphatic heterocycles. The van der Waals surface area contributed by atoms with Crippen LogP contribution in [0.4, 0.5) is 5.69 Å². The van der Waals surface area contributed by atoms with Crippen molar-refractivity contribution in [1.82, 2.24) is 4.98 Å². The van der Waals surface area contributed by atoms with E-state index in [4.69, 9.17) is 5.73 Å². The quantitative estimate of drug-likeness (QED) is 0.841. The van der Waals surface area contributed by atoms with Gasteiger partial charge in [0.05, 0.1) is 23.3 Å². The molecule has 21 heavy (non-hydrogen) atoms. The molecule has 6 heteroatoms. The first-order chi connectivity index (χ1) is 10.0. The monoisotopic (exact) mass is 301 g/mol. The first kappa shape index (κ1) is 15.0. The SMILES string of the molecule is Cc1ccc(NS(=O)(=O)c2ccc(C#CCN)cc2)cn1. The Bertz CT molecular complexity index is 770. The highest BCUT2D eigenvalue weighted by Gasteiger charge is 2.13. The molecule has 5 nitrogen and oxygen atoms in total. The zero-order valence-corrected chi connectivity index (χ0v) is 12.3. The highest BCUT2D eigenvalue weighted by atomic mass is 32.2. The number of aryl methyl sites for hydroxylation is 1. The number of nitrogens with one attached hydrogen (secondary N) is 1. The fourth-order valence-electron chi connectivity index (χ4n) is 1.61. The van der Waals surface area contributed by atoms with E-state index in [1.54, 1.807) is 24.3 Å². The number of nitrogens with two attached hydrogens (primary N) is 1. The number of hydrogen-bond donors (Lipinski definition) is 2. The number of pyridine rings is 1. The third-order valence-electron chi connectivity index (χ3n) is 2.66. The first-order valence-corrected chi connectivity index (χ1v) is 7.74. The van der Waals surface area contributed by atoms with Crippen LogP contribution in [0.3, 0.4) is 0 Å². The van der Waals surface area contributed by atoms with Crippen molar-refractivity contribution in [1.29, 1.82) is 0 Å². The Balaban J connectivity index is 2.21. The summed E-state index contributed by atoms with van der Waals surface area (Å²) in [6.45, 7) is 2.10. The zero-order valence-electron chi connectivity index (χ0n) is 11.5. The number of rotatable bonds is 3. The zero-order chi connectivity index (χ0) is 15.3. The summed E-state index contributed by atoms with van der Waals surface area (Å²) < 4.78 is 26.9. The Hall–Kier alpha value is -2.36. The van der Waals surface area contributed by atoms with Crippen molar-refractivity contribution in [3.63, 3.8) is 0 Å². The number of anilines is 1. The van der Waals surface area contributed by atoms with Crippen LogP contribution in [0, 0.1) is 18.8 Å². The van der Waals surface area contributed by atoms with Crippen molar-refractivity contribution < 1.29 is 8.42 Å². The molecule has 0 aliphatic carbocycles. The summed E-state index contributed by atoms with van der Waals surface area (Å²) >= 11 is 0. The van der Waals surface area contributed by atoms with Crippen molar-refractivity contribution in [3.8, 4) is 11.8 Å². The highest BCUT2D eigenvalue weighted by Crippen LogP contribution is 2.15. The molecular formula is C15H15N3O2S. The lowest BCUT2D eigenvalue weighted by Crippen LogP contribution is -2.13. The summed E-state index contributed by atoms with van der Waals surface area (Å²) in [6.07, 6.45) is 1.48. The van der Waals surface area contributed by atoms with E-state index in [0.29, 0.717) is 5.69 Å². The Labute approximate surface area is 124 Å². The Morgan fingerprint density at radius 3 is 2.48 bits per heavy atom. The second-order valence-corrected chi connectivity index (χ2v) is 6.01. The largest absolute Gasteiger partial charge is 0.320 e. The maximum Gasteiger partial charge on any atom is 0.261 e. The van der Waals surface area contributed by atoms with Crippen LogP contribution >= 0.6 is 0 Å². The van der Waals surface area contributed by atoms with Crippen molar-refractivity contribution in [2.75, 3.05) is 11.3 Å². The summed E-state index contributed by atoms with van der Waals surface area (Å²) in [6, 6.07) is 9.70. The molecule has 0 spiro atoms. The van der Waals surface area contributed by atoms with E-state index < -0.39 is 10.0 Å². The summed E-state index contributed by atoms with van der Waals surface area (Å²) in [7, 11) is -3.63. The van der Waals surface area contributed by atoms with E-state index in [2.05, 4.69) is 21.5 Å². The van der Waals surface area contributed by atoms with E-state index >= 15 is 0 Å². The number of nitrogens with zero attached hydrogens (tertiary/aromatic N) is 1. The minimum Gasteiger partial charge on any atom is -0.320 e. The van der Waals surface area contributed by atoms with E-state index in [1.807, 2.05) is 6.92 Å². The van der Waals surface area contributed by atoms with Crippen LogP contribution in [0.25, 0.3) is 0 Å². The summed E-state index contributed by atoms with van der Waals surface area (Å²) in [4.78, 5) is 4.22. The molecular weight excluding hydrogens is 286 g/mol. The van der Waals surface area contributed by atoms with Gasteiger partial charge in [0.1, 0.15) is 0 Å². The smallest absolute Gasteiger partial charge is 0.261 e. The maximum atomic E-state index is 12.2. The third kappa shape index (κ3) is 4.05. The molecule has 0 saturated carbocycles. The molecule has 1 aromatic carbocycles. The molecule has 3 N–H and O–H groups in total. The van der Waals surface area contributed by atoms with Gasteiger partial charge in [0.15, 0.2) is 0 Å². The van der Waals surface area contributed by atoms with Gasteiger partial charge in [-0.05, 0) is 43.3 Å².